The highest BCUT2D eigenvalue weighted by atomic mass is 15.1. The third-order valence-corrected chi connectivity index (χ3v) is 4.22. The number of nitrogens with zero attached hydrogens (tertiary/aromatic N) is 4. The molecule has 0 N–H and O–H groups in total. The minimum absolute atomic E-state index is 0.734. The molecule has 0 spiro atoms. The summed E-state index contributed by atoms with van der Waals surface area (Å²) in [4.78, 5) is 6.61. The van der Waals surface area contributed by atoms with Crippen LogP contribution in [0.15, 0.2) is 43.0 Å². The monoisotopic (exact) mass is 280 g/mol. The van der Waals surface area contributed by atoms with Crippen LogP contribution >= 0.6 is 0 Å². The molecule has 4 heteroatoms. The van der Waals surface area contributed by atoms with Crippen molar-refractivity contribution in [3.8, 4) is 6.07 Å². The van der Waals surface area contributed by atoms with Crippen molar-refractivity contribution in [2.75, 3.05) is 13.1 Å². The third-order valence-electron chi connectivity index (χ3n) is 4.22. The molecule has 0 atom stereocenters. The lowest BCUT2D eigenvalue weighted by Crippen LogP contribution is -2.34. The van der Waals surface area contributed by atoms with E-state index in [1.54, 1.807) is 0 Å². The molecule has 0 aliphatic carbocycles. The predicted octanol–water partition coefficient (Wildman–Crippen LogP) is 2.67. The fourth-order valence-electron chi connectivity index (χ4n) is 2.96. The van der Waals surface area contributed by atoms with Gasteiger partial charge in [0.15, 0.2) is 0 Å². The van der Waals surface area contributed by atoms with Gasteiger partial charge >= 0.3 is 0 Å². The van der Waals surface area contributed by atoms with Crippen LogP contribution < -0.4 is 0 Å². The first-order chi connectivity index (χ1) is 10.3. The molecule has 1 fully saturated rings. The van der Waals surface area contributed by atoms with E-state index in [0.29, 0.717) is 0 Å². The minimum Gasteiger partial charge on any atom is -0.337 e. The summed E-state index contributed by atoms with van der Waals surface area (Å²) in [5.41, 5.74) is 2.03. The van der Waals surface area contributed by atoms with Crippen LogP contribution in [0.4, 0.5) is 0 Å². The van der Waals surface area contributed by atoms with E-state index in [-0.39, 0.29) is 0 Å². The molecule has 108 valence electrons. The topological polar surface area (TPSA) is 44.9 Å². The zero-order valence-electron chi connectivity index (χ0n) is 12.2. The van der Waals surface area contributed by atoms with Crippen molar-refractivity contribution in [3.63, 3.8) is 0 Å². The summed E-state index contributed by atoms with van der Waals surface area (Å²) in [7, 11) is 0. The van der Waals surface area contributed by atoms with Gasteiger partial charge in [-0.25, -0.2) is 4.98 Å². The molecule has 21 heavy (non-hydrogen) atoms. The van der Waals surface area contributed by atoms with E-state index >= 15 is 0 Å². The van der Waals surface area contributed by atoms with Crippen molar-refractivity contribution >= 4 is 0 Å². The summed E-state index contributed by atoms with van der Waals surface area (Å²) in [6, 6.07) is 10.1. The van der Waals surface area contributed by atoms with E-state index in [1.165, 1.54) is 18.4 Å². The van der Waals surface area contributed by atoms with Crippen molar-refractivity contribution in [2.24, 2.45) is 5.92 Å². The lowest BCUT2D eigenvalue weighted by Gasteiger charge is -2.32. The van der Waals surface area contributed by atoms with E-state index < -0.39 is 0 Å². The van der Waals surface area contributed by atoms with Crippen LogP contribution in [0, 0.1) is 17.2 Å². The molecule has 0 amide bonds. The van der Waals surface area contributed by atoms with Gasteiger partial charge in [-0.3, -0.25) is 4.90 Å². The Kier molecular flexibility index (Phi) is 4.32. The Morgan fingerprint density at radius 2 is 1.95 bits per heavy atom. The van der Waals surface area contributed by atoms with Gasteiger partial charge in [0.1, 0.15) is 0 Å². The highest BCUT2D eigenvalue weighted by Crippen LogP contribution is 2.20. The first-order valence-electron chi connectivity index (χ1n) is 7.50. The Balaban J connectivity index is 1.48. The van der Waals surface area contributed by atoms with Gasteiger partial charge in [0.05, 0.1) is 18.0 Å². The minimum atomic E-state index is 0.734. The van der Waals surface area contributed by atoms with Crippen LogP contribution in [-0.4, -0.2) is 27.5 Å². The highest BCUT2D eigenvalue weighted by Gasteiger charge is 2.19. The zero-order valence-corrected chi connectivity index (χ0v) is 12.2. The molecule has 2 heterocycles. The van der Waals surface area contributed by atoms with Crippen LogP contribution in [0.25, 0.3) is 0 Å². The SMILES string of the molecule is N#Cc1ccc(CN2CCC(Cn3ccnc3)CC2)cc1. The Bertz CT molecular complexity index is 587. The van der Waals surface area contributed by atoms with Crippen LogP contribution in [-0.2, 0) is 13.1 Å². The lowest BCUT2D eigenvalue weighted by molar-refractivity contribution is 0.167. The number of hydrogen-bond donors (Lipinski definition) is 0. The van der Waals surface area contributed by atoms with E-state index in [9.17, 15) is 0 Å². The van der Waals surface area contributed by atoms with Gasteiger partial charge in [0, 0.05) is 25.5 Å². The summed E-state index contributed by atoms with van der Waals surface area (Å²) < 4.78 is 2.18. The number of imidazole rings is 1. The predicted molar refractivity (Wildman–Crippen MR) is 81.4 cm³/mol. The first kappa shape index (κ1) is 13.8. The lowest BCUT2D eigenvalue weighted by atomic mass is 9.96. The van der Waals surface area contributed by atoms with Crippen LogP contribution in [0.1, 0.15) is 24.0 Å². The van der Waals surface area contributed by atoms with E-state index in [2.05, 4.69) is 32.7 Å². The van der Waals surface area contributed by atoms with Crippen molar-refractivity contribution in [1.29, 1.82) is 5.26 Å². The average Bonchev–Trinajstić information content (AvgIpc) is 3.03. The van der Waals surface area contributed by atoms with Crippen LogP contribution in [0.3, 0.4) is 0 Å². The fraction of sp³-hybridized carbons (Fsp3) is 0.412. The normalized spacial score (nSPS) is 16.7. The first-order valence-corrected chi connectivity index (χ1v) is 7.50. The summed E-state index contributed by atoms with van der Waals surface area (Å²) >= 11 is 0. The number of benzene rings is 1. The molecule has 2 aromatic rings. The molecule has 3 rings (SSSR count). The highest BCUT2D eigenvalue weighted by molar-refractivity contribution is 5.31. The van der Waals surface area contributed by atoms with Crippen LogP contribution in [0.5, 0.6) is 0 Å². The van der Waals surface area contributed by atoms with Gasteiger partial charge in [0.2, 0.25) is 0 Å². The second-order valence-electron chi connectivity index (χ2n) is 5.79. The van der Waals surface area contributed by atoms with E-state index in [0.717, 1.165) is 37.7 Å². The number of nitriles is 1. The molecule has 0 unspecified atom stereocenters. The molecule has 1 aliphatic heterocycles. The standard InChI is InChI=1S/C17H20N4/c18-11-15-1-3-16(4-2-15)12-20-8-5-17(6-9-20)13-21-10-7-19-14-21/h1-4,7,10,14,17H,5-6,8-9,12-13H2. The van der Waals surface area contributed by atoms with Gasteiger partial charge in [-0.1, -0.05) is 12.1 Å². The molecule has 0 radical (unpaired) electrons. The second-order valence-corrected chi connectivity index (χ2v) is 5.79. The molecule has 1 saturated heterocycles. The average molecular weight is 280 g/mol. The Labute approximate surface area is 125 Å². The molecule has 0 bridgehead atoms. The maximum Gasteiger partial charge on any atom is 0.0991 e. The van der Waals surface area contributed by atoms with Crippen molar-refractivity contribution in [3.05, 3.63) is 54.1 Å². The number of piperidine rings is 1. The summed E-state index contributed by atoms with van der Waals surface area (Å²) in [6.45, 7) is 4.38. The molecule has 1 aromatic carbocycles. The van der Waals surface area contributed by atoms with E-state index in [4.69, 9.17) is 5.26 Å². The number of rotatable bonds is 4. The second kappa shape index (κ2) is 6.55. The Morgan fingerprint density at radius 3 is 2.57 bits per heavy atom. The number of likely N-dealkylation sites (tertiary alicyclic amines) is 1. The number of hydrogen-bond acceptors (Lipinski definition) is 3. The van der Waals surface area contributed by atoms with Gasteiger partial charge in [-0.15, -0.1) is 0 Å². The third kappa shape index (κ3) is 3.71. The maximum absolute atomic E-state index is 8.82. The molecule has 4 nitrogen and oxygen atoms in total. The molecular formula is C17H20N4. The summed E-state index contributed by atoms with van der Waals surface area (Å²) in [6.07, 6.45) is 8.29. The molecule has 1 aliphatic rings. The maximum atomic E-state index is 8.82. The van der Waals surface area contributed by atoms with Crippen LogP contribution in [0.2, 0.25) is 0 Å². The zero-order chi connectivity index (χ0) is 14.5. The summed E-state index contributed by atoms with van der Waals surface area (Å²) in [5.74, 6) is 0.761. The quantitative estimate of drug-likeness (QED) is 0.865. The Hall–Kier alpha value is -2.12. The fourth-order valence-corrected chi connectivity index (χ4v) is 2.96. The van der Waals surface area contributed by atoms with Gasteiger partial charge < -0.3 is 4.57 Å². The molecular weight excluding hydrogens is 260 g/mol. The Morgan fingerprint density at radius 1 is 1.19 bits per heavy atom. The van der Waals surface area contributed by atoms with Gasteiger partial charge in [0.25, 0.3) is 0 Å². The van der Waals surface area contributed by atoms with Crippen molar-refractivity contribution < 1.29 is 0 Å². The summed E-state index contributed by atoms with van der Waals surface area (Å²) in [5, 5.41) is 8.82. The van der Waals surface area contributed by atoms with Crippen molar-refractivity contribution in [1.82, 2.24) is 14.5 Å². The van der Waals surface area contributed by atoms with Gasteiger partial charge in [-0.2, -0.15) is 5.26 Å². The molecule has 0 saturated carbocycles. The van der Waals surface area contributed by atoms with Gasteiger partial charge in [-0.05, 0) is 49.5 Å². The van der Waals surface area contributed by atoms with E-state index in [1.807, 2.05) is 30.9 Å². The molecule has 1 aromatic heterocycles. The number of aromatic nitrogens is 2. The van der Waals surface area contributed by atoms with Crippen molar-refractivity contribution in [2.45, 2.75) is 25.9 Å². The smallest absolute Gasteiger partial charge is 0.0991 e. The largest absolute Gasteiger partial charge is 0.337 e.